The Morgan fingerprint density at radius 2 is 2.32 bits per heavy atom. The quantitative estimate of drug-likeness (QED) is 0.578. The van der Waals surface area contributed by atoms with Crippen molar-refractivity contribution >= 4 is 46.2 Å². The molecule has 1 aromatic heterocycles. The fourth-order valence-corrected chi connectivity index (χ4v) is 4.59. The van der Waals surface area contributed by atoms with Crippen molar-refractivity contribution in [2.75, 3.05) is 13.1 Å². The third kappa shape index (κ3) is 4.15. The van der Waals surface area contributed by atoms with Crippen LogP contribution in [0, 0.1) is 0 Å². The Balaban J connectivity index is 1.60. The summed E-state index contributed by atoms with van der Waals surface area (Å²) in [7, 11) is 0. The summed E-state index contributed by atoms with van der Waals surface area (Å²) >= 11 is 6.57. The van der Waals surface area contributed by atoms with Crippen molar-refractivity contribution < 1.29 is 14.0 Å². The van der Waals surface area contributed by atoms with Crippen LogP contribution in [0.4, 0.5) is 0 Å². The Labute approximate surface area is 157 Å². The van der Waals surface area contributed by atoms with Gasteiger partial charge in [-0.3, -0.25) is 14.5 Å². The van der Waals surface area contributed by atoms with Crippen molar-refractivity contribution in [2.45, 2.75) is 45.1 Å². The lowest BCUT2D eigenvalue weighted by Crippen LogP contribution is -2.44. The maximum Gasteiger partial charge on any atom is 0.266 e. The van der Waals surface area contributed by atoms with Gasteiger partial charge >= 0.3 is 0 Å². The molecule has 2 aliphatic heterocycles. The molecule has 0 N–H and O–H groups in total. The summed E-state index contributed by atoms with van der Waals surface area (Å²) in [4.78, 5) is 29.2. The molecule has 1 aromatic rings. The summed E-state index contributed by atoms with van der Waals surface area (Å²) in [6.07, 6.45) is 7.89. The van der Waals surface area contributed by atoms with E-state index in [9.17, 15) is 9.59 Å². The fraction of sp³-hybridized carbons (Fsp3) is 0.500. The maximum atomic E-state index is 12.6. The molecule has 134 valence electrons. The highest BCUT2D eigenvalue weighted by Crippen LogP contribution is 2.32. The van der Waals surface area contributed by atoms with Crippen LogP contribution < -0.4 is 0 Å². The second kappa shape index (κ2) is 8.19. The largest absolute Gasteiger partial charge is 0.465 e. The zero-order chi connectivity index (χ0) is 17.8. The van der Waals surface area contributed by atoms with Crippen molar-refractivity contribution in [3.8, 4) is 0 Å². The number of hydrogen-bond donors (Lipinski definition) is 0. The molecule has 2 amide bonds. The lowest BCUT2D eigenvalue weighted by atomic mass is 9.99. The minimum absolute atomic E-state index is 0.121. The summed E-state index contributed by atoms with van der Waals surface area (Å²) in [5, 5.41) is 0. The first-order valence-corrected chi connectivity index (χ1v) is 9.91. The molecule has 0 radical (unpaired) electrons. The average Bonchev–Trinajstić information content (AvgIpc) is 3.22. The van der Waals surface area contributed by atoms with Gasteiger partial charge in [-0.05, 0) is 37.8 Å². The second-order valence-electron chi connectivity index (χ2n) is 6.24. The fourth-order valence-electron chi connectivity index (χ4n) is 3.30. The number of furan rings is 1. The van der Waals surface area contributed by atoms with Gasteiger partial charge in [0.05, 0.1) is 11.2 Å². The van der Waals surface area contributed by atoms with Crippen LogP contribution in [0.1, 0.15) is 44.8 Å². The van der Waals surface area contributed by atoms with Gasteiger partial charge in [-0.1, -0.05) is 30.9 Å². The molecule has 3 rings (SSSR count). The average molecular weight is 379 g/mol. The van der Waals surface area contributed by atoms with E-state index >= 15 is 0 Å². The first kappa shape index (κ1) is 18.2. The van der Waals surface area contributed by atoms with Crippen LogP contribution in [0.25, 0.3) is 6.08 Å². The third-order valence-electron chi connectivity index (χ3n) is 4.66. The van der Waals surface area contributed by atoms with Gasteiger partial charge in [-0.15, -0.1) is 0 Å². The van der Waals surface area contributed by atoms with Crippen LogP contribution in [0.15, 0.2) is 27.7 Å². The van der Waals surface area contributed by atoms with E-state index in [2.05, 4.69) is 6.92 Å². The molecule has 0 spiro atoms. The Kier molecular flexibility index (Phi) is 5.96. The standard InChI is InChI=1S/C18H22N2O3S2/c1-2-13-6-3-4-9-19(13)16(21)8-10-20-17(22)15(25-18(20)24)12-14-7-5-11-23-14/h5,7,11-13H,2-4,6,8-10H2,1H3. The highest BCUT2D eigenvalue weighted by Gasteiger charge is 2.33. The minimum Gasteiger partial charge on any atom is -0.465 e. The summed E-state index contributed by atoms with van der Waals surface area (Å²) in [5.41, 5.74) is 0. The van der Waals surface area contributed by atoms with Gasteiger partial charge < -0.3 is 9.32 Å². The number of piperidine rings is 1. The number of likely N-dealkylation sites (tertiary alicyclic amines) is 1. The molecule has 2 fully saturated rings. The molecule has 3 heterocycles. The summed E-state index contributed by atoms with van der Waals surface area (Å²) in [6, 6.07) is 3.90. The predicted octanol–water partition coefficient (Wildman–Crippen LogP) is 3.66. The number of carbonyl (C=O) groups excluding carboxylic acids is 2. The van der Waals surface area contributed by atoms with Crippen LogP contribution in [0.5, 0.6) is 0 Å². The lowest BCUT2D eigenvalue weighted by Gasteiger charge is -2.35. The molecular formula is C18H22N2O3S2. The molecule has 2 aliphatic rings. The first-order valence-electron chi connectivity index (χ1n) is 8.68. The van der Waals surface area contributed by atoms with Crippen molar-refractivity contribution in [3.63, 3.8) is 0 Å². The number of carbonyl (C=O) groups is 2. The minimum atomic E-state index is -0.148. The van der Waals surface area contributed by atoms with E-state index in [0.29, 0.717) is 34.0 Å². The van der Waals surface area contributed by atoms with E-state index in [1.54, 1.807) is 24.5 Å². The highest BCUT2D eigenvalue weighted by atomic mass is 32.2. The topological polar surface area (TPSA) is 53.8 Å². The van der Waals surface area contributed by atoms with Crippen LogP contribution in [-0.4, -0.2) is 45.1 Å². The number of thioether (sulfide) groups is 1. The van der Waals surface area contributed by atoms with E-state index in [4.69, 9.17) is 16.6 Å². The number of nitrogens with zero attached hydrogens (tertiary/aromatic N) is 2. The van der Waals surface area contributed by atoms with Gasteiger partial charge in [0, 0.05) is 31.6 Å². The molecule has 0 bridgehead atoms. The van der Waals surface area contributed by atoms with Crippen molar-refractivity contribution in [2.24, 2.45) is 0 Å². The van der Waals surface area contributed by atoms with Gasteiger partial charge in [-0.25, -0.2) is 0 Å². The third-order valence-corrected chi connectivity index (χ3v) is 6.04. The first-order chi connectivity index (χ1) is 12.1. The Hall–Kier alpha value is -1.60. The van der Waals surface area contributed by atoms with Crippen LogP contribution >= 0.6 is 24.0 Å². The Morgan fingerprint density at radius 1 is 1.48 bits per heavy atom. The van der Waals surface area contributed by atoms with E-state index in [0.717, 1.165) is 25.8 Å². The normalized spacial score (nSPS) is 22.9. The number of amides is 2. The van der Waals surface area contributed by atoms with E-state index in [-0.39, 0.29) is 11.8 Å². The van der Waals surface area contributed by atoms with Crippen LogP contribution in [0.2, 0.25) is 0 Å². The van der Waals surface area contributed by atoms with Gasteiger partial charge in [0.15, 0.2) is 0 Å². The van der Waals surface area contributed by atoms with Crippen LogP contribution in [0.3, 0.4) is 0 Å². The Bertz CT molecular complexity index is 685. The molecule has 0 aromatic carbocycles. The zero-order valence-corrected chi connectivity index (χ0v) is 15.9. The Morgan fingerprint density at radius 3 is 3.04 bits per heavy atom. The summed E-state index contributed by atoms with van der Waals surface area (Å²) in [5.74, 6) is 0.594. The zero-order valence-electron chi connectivity index (χ0n) is 14.3. The smallest absolute Gasteiger partial charge is 0.266 e. The molecule has 1 atom stereocenters. The SMILES string of the molecule is CCC1CCCCN1C(=O)CCN1C(=O)C(=Cc2ccco2)SC1=S. The molecule has 2 saturated heterocycles. The van der Waals surface area contributed by atoms with Crippen molar-refractivity contribution in [3.05, 3.63) is 29.1 Å². The molecule has 1 unspecified atom stereocenters. The second-order valence-corrected chi connectivity index (χ2v) is 7.92. The van der Waals surface area contributed by atoms with Crippen molar-refractivity contribution in [1.82, 2.24) is 9.80 Å². The number of hydrogen-bond acceptors (Lipinski definition) is 5. The molecule has 25 heavy (non-hydrogen) atoms. The molecule has 5 nitrogen and oxygen atoms in total. The molecule has 0 saturated carbocycles. The van der Waals surface area contributed by atoms with E-state index < -0.39 is 0 Å². The van der Waals surface area contributed by atoms with Gasteiger partial charge in [0.2, 0.25) is 5.91 Å². The summed E-state index contributed by atoms with van der Waals surface area (Å²) < 4.78 is 5.75. The van der Waals surface area contributed by atoms with E-state index in [1.165, 1.54) is 23.1 Å². The van der Waals surface area contributed by atoms with Crippen molar-refractivity contribution in [1.29, 1.82) is 0 Å². The highest BCUT2D eigenvalue weighted by molar-refractivity contribution is 8.26. The monoisotopic (exact) mass is 378 g/mol. The molecule has 7 heteroatoms. The molecule has 0 aliphatic carbocycles. The van der Waals surface area contributed by atoms with Crippen LogP contribution in [-0.2, 0) is 9.59 Å². The van der Waals surface area contributed by atoms with E-state index in [1.807, 2.05) is 4.90 Å². The van der Waals surface area contributed by atoms with Gasteiger partial charge in [0.25, 0.3) is 5.91 Å². The predicted molar refractivity (Wildman–Crippen MR) is 103 cm³/mol. The number of thiocarbonyl (C=S) groups is 1. The lowest BCUT2D eigenvalue weighted by molar-refractivity contribution is -0.135. The number of rotatable bonds is 5. The van der Waals surface area contributed by atoms with Gasteiger partial charge in [-0.2, -0.15) is 0 Å². The molecular weight excluding hydrogens is 356 g/mol. The van der Waals surface area contributed by atoms with Gasteiger partial charge in [0.1, 0.15) is 10.1 Å². The maximum absolute atomic E-state index is 12.6. The summed E-state index contributed by atoms with van der Waals surface area (Å²) in [6.45, 7) is 3.29.